The van der Waals surface area contributed by atoms with Crippen LogP contribution >= 0.6 is 0 Å². The molecule has 0 aromatic heterocycles. The van der Waals surface area contributed by atoms with E-state index in [1.165, 1.54) is 36.4 Å². The van der Waals surface area contributed by atoms with Gasteiger partial charge in [0.15, 0.2) is 9.84 Å². The number of hydrogen-bond acceptors (Lipinski definition) is 4. The number of nitrogens with one attached hydrogen (secondary N) is 2. The Bertz CT molecular complexity index is 831. The summed E-state index contributed by atoms with van der Waals surface area (Å²) in [6.07, 6.45) is 1.06. The molecule has 0 bridgehead atoms. The molecule has 23 heavy (non-hydrogen) atoms. The van der Waals surface area contributed by atoms with E-state index in [1.54, 1.807) is 0 Å². The van der Waals surface area contributed by atoms with E-state index in [9.17, 15) is 22.4 Å². The summed E-state index contributed by atoms with van der Waals surface area (Å²) in [4.78, 5) is 23.7. The van der Waals surface area contributed by atoms with Crippen LogP contribution in [0, 0.1) is 5.82 Å². The average Bonchev–Trinajstić information content (AvgIpc) is 2.52. The largest absolute Gasteiger partial charge is 0.269 e. The van der Waals surface area contributed by atoms with Crippen molar-refractivity contribution in [2.45, 2.75) is 4.90 Å². The molecule has 2 amide bonds. The molecule has 0 spiro atoms. The normalized spacial score (nSPS) is 10.9. The lowest BCUT2D eigenvalue weighted by atomic mass is 10.2. The zero-order valence-electron chi connectivity index (χ0n) is 12.0. The summed E-state index contributed by atoms with van der Waals surface area (Å²) in [6.45, 7) is 0. The highest BCUT2D eigenvalue weighted by Crippen LogP contribution is 2.10. The number of hydrazine groups is 1. The van der Waals surface area contributed by atoms with Crippen molar-refractivity contribution in [2.75, 3.05) is 6.26 Å². The van der Waals surface area contributed by atoms with E-state index >= 15 is 0 Å². The minimum atomic E-state index is -3.34. The number of sulfone groups is 1. The van der Waals surface area contributed by atoms with Crippen LogP contribution in [0.3, 0.4) is 0 Å². The minimum Gasteiger partial charge on any atom is -0.267 e. The van der Waals surface area contributed by atoms with E-state index < -0.39 is 27.5 Å². The Hall–Kier alpha value is -2.74. The van der Waals surface area contributed by atoms with E-state index in [4.69, 9.17) is 0 Å². The van der Waals surface area contributed by atoms with Crippen molar-refractivity contribution < 1.29 is 22.4 Å². The molecule has 0 saturated carbocycles. The number of benzene rings is 2. The van der Waals surface area contributed by atoms with E-state index in [-0.39, 0.29) is 16.0 Å². The molecule has 0 unspecified atom stereocenters. The van der Waals surface area contributed by atoms with E-state index in [0.717, 1.165) is 18.4 Å². The van der Waals surface area contributed by atoms with Crippen LogP contribution in [0.15, 0.2) is 53.4 Å². The molecule has 0 radical (unpaired) electrons. The second kappa shape index (κ2) is 6.57. The molecular weight excluding hydrogens is 323 g/mol. The molecule has 8 heteroatoms. The van der Waals surface area contributed by atoms with E-state index in [2.05, 4.69) is 10.9 Å². The first kappa shape index (κ1) is 16.6. The van der Waals surface area contributed by atoms with Gasteiger partial charge in [-0.15, -0.1) is 0 Å². The van der Waals surface area contributed by atoms with Gasteiger partial charge in [-0.05, 0) is 48.5 Å². The van der Waals surface area contributed by atoms with Crippen LogP contribution in [0.5, 0.6) is 0 Å². The average molecular weight is 336 g/mol. The quantitative estimate of drug-likeness (QED) is 0.827. The minimum absolute atomic E-state index is 0.0874. The van der Waals surface area contributed by atoms with Gasteiger partial charge in [-0.3, -0.25) is 20.4 Å². The number of amides is 2. The lowest BCUT2D eigenvalue weighted by molar-refractivity contribution is 0.0846. The third kappa shape index (κ3) is 4.36. The Balaban J connectivity index is 1.99. The van der Waals surface area contributed by atoms with Gasteiger partial charge in [-0.25, -0.2) is 12.8 Å². The number of carbonyl (C=O) groups excluding carboxylic acids is 2. The summed E-state index contributed by atoms with van der Waals surface area (Å²) in [5.74, 6) is -1.69. The molecule has 6 nitrogen and oxygen atoms in total. The Morgan fingerprint density at radius 2 is 1.22 bits per heavy atom. The van der Waals surface area contributed by atoms with Gasteiger partial charge in [-0.1, -0.05) is 0 Å². The van der Waals surface area contributed by atoms with Crippen molar-refractivity contribution in [3.05, 3.63) is 65.5 Å². The van der Waals surface area contributed by atoms with Crippen LogP contribution in [-0.4, -0.2) is 26.5 Å². The van der Waals surface area contributed by atoms with Gasteiger partial charge in [0.1, 0.15) is 5.82 Å². The predicted octanol–water partition coefficient (Wildman–Crippen LogP) is 1.30. The van der Waals surface area contributed by atoms with Gasteiger partial charge in [0.05, 0.1) is 4.90 Å². The van der Waals surface area contributed by atoms with Gasteiger partial charge >= 0.3 is 0 Å². The maximum atomic E-state index is 12.8. The molecule has 120 valence electrons. The molecule has 0 fully saturated rings. The predicted molar refractivity (Wildman–Crippen MR) is 80.9 cm³/mol. The number of carbonyl (C=O) groups is 2. The summed E-state index contributed by atoms with van der Waals surface area (Å²) in [7, 11) is -3.34. The van der Waals surface area contributed by atoms with Crippen LogP contribution in [0.2, 0.25) is 0 Å². The maximum Gasteiger partial charge on any atom is 0.269 e. The third-order valence-electron chi connectivity index (χ3n) is 2.94. The van der Waals surface area contributed by atoms with Crippen LogP contribution in [-0.2, 0) is 9.84 Å². The van der Waals surface area contributed by atoms with Crippen LogP contribution < -0.4 is 10.9 Å². The SMILES string of the molecule is CS(=O)(=O)c1ccc(C(=O)NNC(=O)c2ccc(F)cc2)cc1. The topological polar surface area (TPSA) is 92.3 Å². The molecule has 0 heterocycles. The lowest BCUT2D eigenvalue weighted by Crippen LogP contribution is -2.41. The van der Waals surface area contributed by atoms with Gasteiger partial charge in [0.25, 0.3) is 11.8 Å². The first-order valence-electron chi connectivity index (χ1n) is 6.44. The van der Waals surface area contributed by atoms with Crippen molar-refractivity contribution in [1.29, 1.82) is 0 Å². The smallest absolute Gasteiger partial charge is 0.267 e. The standard InChI is InChI=1S/C15H13FN2O4S/c1-23(21,22)13-8-4-11(5-9-13)15(20)18-17-14(19)10-2-6-12(16)7-3-10/h2-9H,1H3,(H,17,19)(H,18,20). The van der Waals surface area contributed by atoms with Gasteiger partial charge in [0, 0.05) is 17.4 Å². The summed E-state index contributed by atoms with van der Waals surface area (Å²) in [5, 5.41) is 0. The molecule has 2 rings (SSSR count). The molecule has 0 saturated heterocycles. The molecule has 0 aliphatic heterocycles. The van der Waals surface area contributed by atoms with E-state index in [0.29, 0.717) is 0 Å². The van der Waals surface area contributed by atoms with Crippen molar-refractivity contribution in [3.63, 3.8) is 0 Å². The van der Waals surface area contributed by atoms with Crippen molar-refractivity contribution >= 4 is 21.7 Å². The first-order valence-corrected chi connectivity index (χ1v) is 8.33. The van der Waals surface area contributed by atoms with Crippen LogP contribution in [0.1, 0.15) is 20.7 Å². The fraction of sp³-hybridized carbons (Fsp3) is 0.0667. The molecule has 2 N–H and O–H groups in total. The number of halogens is 1. The second-order valence-electron chi connectivity index (χ2n) is 4.71. The molecule has 0 atom stereocenters. The van der Waals surface area contributed by atoms with E-state index in [1.807, 2.05) is 0 Å². The summed E-state index contributed by atoms with van der Waals surface area (Å²) in [6, 6.07) is 10.1. The van der Waals surface area contributed by atoms with Crippen molar-refractivity contribution in [3.8, 4) is 0 Å². The lowest BCUT2D eigenvalue weighted by Gasteiger charge is -2.08. The highest BCUT2D eigenvalue weighted by Gasteiger charge is 2.11. The first-order chi connectivity index (χ1) is 10.8. The maximum absolute atomic E-state index is 12.8. The highest BCUT2D eigenvalue weighted by molar-refractivity contribution is 7.90. The van der Waals surface area contributed by atoms with Crippen molar-refractivity contribution in [1.82, 2.24) is 10.9 Å². The Morgan fingerprint density at radius 1 is 0.826 bits per heavy atom. The fourth-order valence-electron chi connectivity index (χ4n) is 1.71. The molecule has 0 aliphatic rings. The van der Waals surface area contributed by atoms with Crippen molar-refractivity contribution in [2.24, 2.45) is 0 Å². The fourth-order valence-corrected chi connectivity index (χ4v) is 2.34. The number of rotatable bonds is 3. The molecule has 2 aromatic carbocycles. The molecule has 2 aromatic rings. The Labute approximate surface area is 132 Å². The van der Waals surface area contributed by atoms with Gasteiger partial charge in [0.2, 0.25) is 0 Å². The molecule has 0 aliphatic carbocycles. The zero-order valence-corrected chi connectivity index (χ0v) is 12.9. The van der Waals surface area contributed by atoms with Crippen LogP contribution in [0.4, 0.5) is 4.39 Å². The summed E-state index contributed by atoms with van der Waals surface area (Å²) >= 11 is 0. The van der Waals surface area contributed by atoms with Gasteiger partial charge in [-0.2, -0.15) is 0 Å². The zero-order chi connectivity index (χ0) is 17.0. The Kier molecular flexibility index (Phi) is 4.75. The summed E-state index contributed by atoms with van der Waals surface area (Å²) in [5.41, 5.74) is 4.73. The highest BCUT2D eigenvalue weighted by atomic mass is 32.2. The van der Waals surface area contributed by atoms with Crippen LogP contribution in [0.25, 0.3) is 0 Å². The number of hydrogen-bond donors (Lipinski definition) is 2. The third-order valence-corrected chi connectivity index (χ3v) is 4.07. The monoisotopic (exact) mass is 336 g/mol. The molecular formula is C15H13FN2O4S. The summed E-state index contributed by atoms with van der Waals surface area (Å²) < 4.78 is 35.4. The Morgan fingerprint density at radius 3 is 1.61 bits per heavy atom. The van der Waals surface area contributed by atoms with Gasteiger partial charge < -0.3 is 0 Å². The second-order valence-corrected chi connectivity index (χ2v) is 6.73.